The molecule has 1 aliphatic heterocycles. The van der Waals surface area contributed by atoms with E-state index < -0.39 is 0 Å². The van der Waals surface area contributed by atoms with E-state index in [2.05, 4.69) is 21.2 Å². The van der Waals surface area contributed by atoms with Gasteiger partial charge in [-0.1, -0.05) is 23.5 Å². The van der Waals surface area contributed by atoms with Crippen molar-refractivity contribution < 1.29 is 9.47 Å². The van der Waals surface area contributed by atoms with Gasteiger partial charge in [0.25, 0.3) is 0 Å². The van der Waals surface area contributed by atoms with Crippen molar-refractivity contribution >= 4 is 16.5 Å². The first-order valence-corrected chi connectivity index (χ1v) is 8.49. The van der Waals surface area contributed by atoms with E-state index in [1.165, 1.54) is 17.8 Å². The number of benzene rings is 1. The summed E-state index contributed by atoms with van der Waals surface area (Å²) in [5, 5.41) is 10.9. The van der Waals surface area contributed by atoms with Crippen molar-refractivity contribution in [2.45, 2.75) is 24.9 Å². The topological polar surface area (TPSA) is 47.5 Å². The smallest absolute Gasteiger partial charge is 0.208 e. The zero-order valence-electron chi connectivity index (χ0n) is 12.6. The summed E-state index contributed by atoms with van der Waals surface area (Å²) in [6.45, 7) is 2.40. The number of aromatic nitrogens is 2. The predicted molar refractivity (Wildman–Crippen MR) is 85.8 cm³/mol. The van der Waals surface area contributed by atoms with Gasteiger partial charge in [-0.2, -0.15) is 0 Å². The van der Waals surface area contributed by atoms with E-state index in [0.29, 0.717) is 12.5 Å². The second kappa shape index (κ2) is 5.85. The molecule has 2 aliphatic rings. The summed E-state index contributed by atoms with van der Waals surface area (Å²) in [5.74, 6) is 1.53. The molecule has 1 aliphatic carbocycles. The van der Waals surface area contributed by atoms with E-state index in [1.807, 2.05) is 18.2 Å². The van der Waals surface area contributed by atoms with Crippen LogP contribution in [0.4, 0.5) is 5.13 Å². The number of ether oxygens (including phenoxy) is 2. The molecule has 2 fully saturated rings. The molecule has 1 aromatic carbocycles. The highest BCUT2D eigenvalue weighted by Crippen LogP contribution is 2.43. The molecule has 1 saturated heterocycles. The van der Waals surface area contributed by atoms with Crippen molar-refractivity contribution in [3.8, 4) is 5.75 Å². The Morgan fingerprint density at radius 2 is 2.23 bits per heavy atom. The summed E-state index contributed by atoms with van der Waals surface area (Å²) in [7, 11) is 1.69. The Morgan fingerprint density at radius 3 is 3.05 bits per heavy atom. The third-order valence-corrected chi connectivity index (χ3v) is 5.31. The average molecular weight is 317 g/mol. The fraction of sp³-hybridized carbons (Fsp3) is 0.500. The van der Waals surface area contributed by atoms with Gasteiger partial charge in [-0.3, -0.25) is 0 Å². The highest BCUT2D eigenvalue weighted by molar-refractivity contribution is 7.15. The molecule has 0 amide bonds. The summed E-state index contributed by atoms with van der Waals surface area (Å²) in [4.78, 5) is 2.29. The molecule has 1 unspecified atom stereocenters. The minimum absolute atomic E-state index is 0.0529. The fourth-order valence-electron chi connectivity index (χ4n) is 2.72. The Hall–Kier alpha value is -1.66. The van der Waals surface area contributed by atoms with E-state index in [-0.39, 0.29) is 6.10 Å². The van der Waals surface area contributed by atoms with Gasteiger partial charge in [0.1, 0.15) is 16.9 Å². The molecule has 0 radical (unpaired) electrons. The van der Waals surface area contributed by atoms with Crippen LogP contribution in [0.2, 0.25) is 0 Å². The Kier molecular flexibility index (Phi) is 3.72. The van der Waals surface area contributed by atoms with Gasteiger partial charge >= 0.3 is 0 Å². The predicted octanol–water partition coefficient (Wildman–Crippen LogP) is 3.00. The minimum atomic E-state index is 0.0529. The Balaban J connectivity index is 1.50. The van der Waals surface area contributed by atoms with Crippen LogP contribution < -0.4 is 9.64 Å². The standard InChI is InChI=1S/C16H19N3O2S/c1-20-13-4-2-3-12(9-13)14-10-19(7-8-21-14)16-18-17-15(22-16)11-5-6-11/h2-4,9,11,14H,5-8,10H2,1H3. The van der Waals surface area contributed by atoms with Crippen LogP contribution in [0.1, 0.15) is 35.4 Å². The largest absolute Gasteiger partial charge is 0.497 e. The van der Waals surface area contributed by atoms with Gasteiger partial charge in [0.05, 0.1) is 20.3 Å². The highest BCUT2D eigenvalue weighted by atomic mass is 32.1. The van der Waals surface area contributed by atoms with Gasteiger partial charge in [-0.05, 0) is 30.5 Å². The minimum Gasteiger partial charge on any atom is -0.497 e. The van der Waals surface area contributed by atoms with Crippen LogP contribution >= 0.6 is 11.3 Å². The van der Waals surface area contributed by atoms with Gasteiger partial charge < -0.3 is 14.4 Å². The van der Waals surface area contributed by atoms with Gasteiger partial charge in [0.2, 0.25) is 5.13 Å². The SMILES string of the molecule is COc1cccc(C2CN(c3nnc(C4CC4)s3)CCO2)c1. The Bertz CT molecular complexity index is 656. The lowest BCUT2D eigenvalue weighted by Gasteiger charge is -2.32. The first kappa shape index (κ1) is 14.0. The van der Waals surface area contributed by atoms with Crippen LogP contribution in [-0.2, 0) is 4.74 Å². The summed E-state index contributed by atoms with van der Waals surface area (Å²) in [5.41, 5.74) is 1.15. The van der Waals surface area contributed by atoms with Crippen LogP contribution in [0.3, 0.4) is 0 Å². The van der Waals surface area contributed by atoms with E-state index in [1.54, 1.807) is 18.4 Å². The number of nitrogens with zero attached hydrogens (tertiary/aromatic N) is 3. The van der Waals surface area contributed by atoms with Crippen LogP contribution in [-0.4, -0.2) is 37.0 Å². The van der Waals surface area contributed by atoms with E-state index in [4.69, 9.17) is 9.47 Å². The van der Waals surface area contributed by atoms with Crippen molar-refractivity contribution in [2.24, 2.45) is 0 Å². The number of hydrogen-bond acceptors (Lipinski definition) is 6. The van der Waals surface area contributed by atoms with Crippen LogP contribution in [0.25, 0.3) is 0 Å². The van der Waals surface area contributed by atoms with Gasteiger partial charge in [0, 0.05) is 12.5 Å². The molecule has 1 aromatic heterocycles. The van der Waals surface area contributed by atoms with Crippen molar-refractivity contribution in [2.75, 3.05) is 31.7 Å². The van der Waals surface area contributed by atoms with Crippen LogP contribution in [0.5, 0.6) is 5.75 Å². The number of morpholine rings is 1. The third-order valence-electron chi connectivity index (χ3n) is 4.16. The van der Waals surface area contributed by atoms with Crippen LogP contribution in [0.15, 0.2) is 24.3 Å². The number of methoxy groups -OCH3 is 1. The Labute approximate surface area is 133 Å². The lowest BCUT2D eigenvalue weighted by molar-refractivity contribution is 0.0396. The van der Waals surface area contributed by atoms with Crippen molar-refractivity contribution in [3.05, 3.63) is 34.8 Å². The fourth-order valence-corrected chi connectivity index (χ4v) is 3.76. The normalized spacial score (nSPS) is 21.9. The molecule has 1 atom stereocenters. The maximum Gasteiger partial charge on any atom is 0.208 e. The van der Waals surface area contributed by atoms with Gasteiger partial charge in [0.15, 0.2) is 0 Å². The van der Waals surface area contributed by atoms with Crippen molar-refractivity contribution in [1.29, 1.82) is 0 Å². The molecular formula is C16H19N3O2S. The first-order chi connectivity index (χ1) is 10.8. The molecule has 6 heteroatoms. The second-order valence-corrected chi connectivity index (χ2v) is 6.77. The van der Waals surface area contributed by atoms with E-state index in [0.717, 1.165) is 29.5 Å². The van der Waals surface area contributed by atoms with Gasteiger partial charge in [-0.15, -0.1) is 10.2 Å². The number of anilines is 1. The first-order valence-electron chi connectivity index (χ1n) is 7.67. The molecule has 2 aromatic rings. The molecule has 116 valence electrons. The lowest BCUT2D eigenvalue weighted by Crippen LogP contribution is -2.38. The van der Waals surface area contributed by atoms with Crippen molar-refractivity contribution in [3.63, 3.8) is 0 Å². The van der Waals surface area contributed by atoms with Crippen LogP contribution in [0, 0.1) is 0 Å². The molecule has 0 bridgehead atoms. The zero-order valence-corrected chi connectivity index (χ0v) is 13.4. The number of hydrogen-bond donors (Lipinski definition) is 0. The average Bonchev–Trinajstić information content (AvgIpc) is 3.32. The molecule has 22 heavy (non-hydrogen) atoms. The monoisotopic (exact) mass is 317 g/mol. The molecule has 5 nitrogen and oxygen atoms in total. The van der Waals surface area contributed by atoms with Gasteiger partial charge in [-0.25, -0.2) is 0 Å². The lowest BCUT2D eigenvalue weighted by atomic mass is 10.1. The quantitative estimate of drug-likeness (QED) is 0.867. The summed E-state index contributed by atoms with van der Waals surface area (Å²) in [6, 6.07) is 8.10. The summed E-state index contributed by atoms with van der Waals surface area (Å²) < 4.78 is 11.2. The molecule has 1 saturated carbocycles. The summed E-state index contributed by atoms with van der Waals surface area (Å²) >= 11 is 1.74. The highest BCUT2D eigenvalue weighted by Gasteiger charge is 2.30. The Morgan fingerprint density at radius 1 is 1.32 bits per heavy atom. The molecular weight excluding hydrogens is 298 g/mol. The summed E-state index contributed by atoms with van der Waals surface area (Å²) in [6.07, 6.45) is 2.59. The molecule has 4 rings (SSSR count). The van der Waals surface area contributed by atoms with Crippen molar-refractivity contribution in [1.82, 2.24) is 10.2 Å². The maximum absolute atomic E-state index is 5.94. The maximum atomic E-state index is 5.94. The zero-order chi connectivity index (χ0) is 14.9. The van der Waals surface area contributed by atoms with E-state index >= 15 is 0 Å². The molecule has 0 N–H and O–H groups in total. The second-order valence-electron chi connectivity index (χ2n) is 5.78. The van der Waals surface area contributed by atoms with E-state index in [9.17, 15) is 0 Å². The molecule has 0 spiro atoms. The number of rotatable bonds is 4. The molecule has 2 heterocycles. The third kappa shape index (κ3) is 2.80.